The fraction of sp³-hybridized carbons (Fsp3) is 0.650. The summed E-state index contributed by atoms with van der Waals surface area (Å²) < 4.78 is 49.6. The Kier molecular flexibility index (Phi) is 8.58. The molecule has 0 aromatic heterocycles. The van der Waals surface area contributed by atoms with Crippen LogP contribution >= 0.6 is 0 Å². The van der Waals surface area contributed by atoms with Crippen LogP contribution in [0.25, 0.3) is 0 Å². The van der Waals surface area contributed by atoms with Crippen LogP contribution in [0.3, 0.4) is 0 Å². The second kappa shape index (κ2) is 10.7. The van der Waals surface area contributed by atoms with E-state index in [2.05, 4.69) is 15.6 Å². The third-order valence-electron chi connectivity index (χ3n) is 4.72. The summed E-state index contributed by atoms with van der Waals surface area (Å²) in [5.74, 6) is 0.699. The highest BCUT2D eigenvalue weighted by Gasteiger charge is 2.31. The molecule has 0 spiro atoms. The molecule has 1 aliphatic rings. The summed E-state index contributed by atoms with van der Waals surface area (Å²) in [6.07, 6.45) is -3.08. The second-order valence-electron chi connectivity index (χ2n) is 7.09. The molecule has 0 amide bonds. The molecule has 3 N–H and O–H groups in total. The van der Waals surface area contributed by atoms with E-state index in [-0.39, 0.29) is 18.4 Å². The van der Waals surface area contributed by atoms with Crippen molar-refractivity contribution in [3.05, 3.63) is 29.8 Å². The molecule has 29 heavy (non-hydrogen) atoms. The van der Waals surface area contributed by atoms with Crippen LogP contribution < -0.4 is 15.4 Å². The van der Waals surface area contributed by atoms with Crippen molar-refractivity contribution in [2.45, 2.75) is 51.0 Å². The van der Waals surface area contributed by atoms with Gasteiger partial charge in [0, 0.05) is 32.6 Å². The Hall–Kier alpha value is -2.00. The number of hydrogen-bond donors (Lipinski definition) is 3. The van der Waals surface area contributed by atoms with E-state index in [1.165, 1.54) is 12.1 Å². The third kappa shape index (κ3) is 7.74. The second-order valence-corrected chi connectivity index (χ2v) is 7.09. The average Bonchev–Trinajstić information content (AvgIpc) is 2.69. The van der Waals surface area contributed by atoms with E-state index in [1.54, 1.807) is 0 Å². The maximum atomic E-state index is 12.9. The van der Waals surface area contributed by atoms with Gasteiger partial charge in [0.05, 0.1) is 24.3 Å². The maximum absolute atomic E-state index is 12.9. The summed E-state index contributed by atoms with van der Waals surface area (Å²) in [5, 5.41) is 16.8. The van der Waals surface area contributed by atoms with Crippen LogP contribution in [0.1, 0.15) is 38.7 Å². The summed E-state index contributed by atoms with van der Waals surface area (Å²) in [6, 6.07) is 4.86. The van der Waals surface area contributed by atoms with Crippen molar-refractivity contribution in [2.24, 2.45) is 4.99 Å². The molecule has 2 rings (SSSR count). The Labute approximate surface area is 169 Å². The normalized spacial score (nSPS) is 18.2. The first kappa shape index (κ1) is 23.3. The van der Waals surface area contributed by atoms with E-state index in [0.29, 0.717) is 51.5 Å². The van der Waals surface area contributed by atoms with Crippen molar-refractivity contribution in [1.82, 2.24) is 10.6 Å². The van der Waals surface area contributed by atoms with Crippen molar-refractivity contribution in [2.75, 3.05) is 32.8 Å². The summed E-state index contributed by atoms with van der Waals surface area (Å²) in [6.45, 7) is 6.10. The number of hydrogen-bond acceptors (Lipinski definition) is 4. The Morgan fingerprint density at radius 2 is 2.00 bits per heavy atom. The van der Waals surface area contributed by atoms with Crippen LogP contribution in [0.5, 0.6) is 5.75 Å². The molecule has 9 heteroatoms. The molecule has 1 unspecified atom stereocenters. The van der Waals surface area contributed by atoms with Gasteiger partial charge in [-0.1, -0.05) is 13.0 Å². The molecular formula is C20H30F3N3O3. The first-order valence-corrected chi connectivity index (χ1v) is 9.92. The van der Waals surface area contributed by atoms with Gasteiger partial charge in [0.15, 0.2) is 5.96 Å². The number of halogens is 3. The Morgan fingerprint density at radius 3 is 2.62 bits per heavy atom. The molecule has 1 aliphatic heterocycles. The fourth-order valence-electron chi connectivity index (χ4n) is 2.90. The van der Waals surface area contributed by atoms with E-state index < -0.39 is 17.3 Å². The molecule has 1 atom stereocenters. The number of guanidine groups is 1. The molecule has 0 aliphatic carbocycles. The van der Waals surface area contributed by atoms with Crippen LogP contribution in [-0.2, 0) is 10.9 Å². The van der Waals surface area contributed by atoms with Gasteiger partial charge in [-0.2, -0.15) is 13.2 Å². The lowest BCUT2D eigenvalue weighted by Gasteiger charge is -2.30. The van der Waals surface area contributed by atoms with Crippen LogP contribution in [0.2, 0.25) is 0 Å². The summed E-state index contributed by atoms with van der Waals surface area (Å²) in [7, 11) is 0. The van der Waals surface area contributed by atoms with Gasteiger partial charge in [0.25, 0.3) is 0 Å². The Bertz CT molecular complexity index is 662. The Morgan fingerprint density at radius 1 is 1.28 bits per heavy atom. The van der Waals surface area contributed by atoms with Crippen LogP contribution in [0, 0.1) is 0 Å². The maximum Gasteiger partial charge on any atom is 0.416 e. The van der Waals surface area contributed by atoms with Crippen LogP contribution in [0.15, 0.2) is 29.3 Å². The van der Waals surface area contributed by atoms with Crippen molar-refractivity contribution in [3.8, 4) is 5.75 Å². The molecule has 1 aromatic carbocycles. The zero-order valence-corrected chi connectivity index (χ0v) is 16.9. The van der Waals surface area contributed by atoms with Crippen molar-refractivity contribution < 1.29 is 27.8 Å². The number of benzene rings is 1. The van der Waals surface area contributed by atoms with Crippen molar-refractivity contribution in [1.29, 1.82) is 0 Å². The number of aliphatic imine (C=N–C) groups is 1. The van der Waals surface area contributed by atoms with Gasteiger partial charge >= 0.3 is 6.18 Å². The minimum Gasteiger partial charge on any atom is -0.489 e. The summed E-state index contributed by atoms with van der Waals surface area (Å²) >= 11 is 0. The van der Waals surface area contributed by atoms with Gasteiger partial charge in [0.1, 0.15) is 11.9 Å². The SMILES string of the molecule is CCNC(=NCC1(O)CCOCC1)NCC(CC)Oc1cccc(C(F)(F)F)c1. The van der Waals surface area contributed by atoms with Gasteiger partial charge in [-0.25, -0.2) is 0 Å². The number of nitrogens with zero attached hydrogens (tertiary/aromatic N) is 1. The molecule has 1 fully saturated rings. The van der Waals surface area contributed by atoms with Crippen LogP contribution in [0.4, 0.5) is 13.2 Å². The minimum atomic E-state index is -4.41. The molecule has 164 valence electrons. The first-order valence-electron chi connectivity index (χ1n) is 9.92. The third-order valence-corrected chi connectivity index (χ3v) is 4.72. The highest BCUT2D eigenvalue weighted by molar-refractivity contribution is 5.79. The predicted octanol–water partition coefficient (Wildman–Crippen LogP) is 2.96. The molecule has 6 nitrogen and oxygen atoms in total. The van der Waals surface area contributed by atoms with Crippen molar-refractivity contribution in [3.63, 3.8) is 0 Å². The van der Waals surface area contributed by atoms with Gasteiger partial charge in [-0.3, -0.25) is 4.99 Å². The lowest BCUT2D eigenvalue weighted by Crippen LogP contribution is -2.45. The van der Waals surface area contributed by atoms with E-state index in [9.17, 15) is 18.3 Å². The monoisotopic (exact) mass is 417 g/mol. The fourth-order valence-corrected chi connectivity index (χ4v) is 2.90. The molecule has 0 bridgehead atoms. The molecule has 1 aromatic rings. The highest BCUT2D eigenvalue weighted by Crippen LogP contribution is 2.31. The number of ether oxygens (including phenoxy) is 2. The van der Waals surface area contributed by atoms with E-state index >= 15 is 0 Å². The smallest absolute Gasteiger partial charge is 0.416 e. The highest BCUT2D eigenvalue weighted by atomic mass is 19.4. The largest absolute Gasteiger partial charge is 0.489 e. The molecule has 1 heterocycles. The molecule has 1 saturated heterocycles. The number of aliphatic hydroxyl groups is 1. The standard InChI is InChI=1S/C20H30F3N3O3/c1-3-16(29-17-7-5-6-15(12-17)20(21,22)23)13-25-18(24-4-2)26-14-19(27)8-10-28-11-9-19/h5-7,12,16,27H,3-4,8-11,13-14H2,1-2H3,(H2,24,25,26). The number of alkyl halides is 3. The number of rotatable bonds is 8. The van der Waals surface area contributed by atoms with Gasteiger partial charge in [-0.15, -0.1) is 0 Å². The molecule has 0 radical (unpaired) electrons. The lowest BCUT2D eigenvalue weighted by molar-refractivity contribution is -0.137. The number of nitrogens with one attached hydrogen (secondary N) is 2. The minimum absolute atomic E-state index is 0.173. The summed E-state index contributed by atoms with van der Waals surface area (Å²) in [5.41, 5.74) is -1.61. The van der Waals surface area contributed by atoms with E-state index in [0.717, 1.165) is 12.1 Å². The molecule has 0 saturated carbocycles. The first-order chi connectivity index (χ1) is 13.8. The van der Waals surface area contributed by atoms with Gasteiger partial charge in [-0.05, 0) is 31.5 Å². The summed E-state index contributed by atoms with van der Waals surface area (Å²) in [4.78, 5) is 4.45. The predicted molar refractivity (Wildman–Crippen MR) is 105 cm³/mol. The molecular weight excluding hydrogens is 387 g/mol. The van der Waals surface area contributed by atoms with Gasteiger partial charge < -0.3 is 25.2 Å². The topological polar surface area (TPSA) is 75.1 Å². The quantitative estimate of drug-likeness (QED) is 0.448. The Balaban J connectivity index is 1.95. The van der Waals surface area contributed by atoms with Crippen LogP contribution in [-0.4, -0.2) is 55.6 Å². The lowest BCUT2D eigenvalue weighted by atomic mass is 9.95. The van der Waals surface area contributed by atoms with Gasteiger partial charge in [0.2, 0.25) is 0 Å². The van der Waals surface area contributed by atoms with E-state index in [1.807, 2.05) is 13.8 Å². The average molecular weight is 417 g/mol. The van der Waals surface area contributed by atoms with Crippen molar-refractivity contribution >= 4 is 5.96 Å². The van der Waals surface area contributed by atoms with E-state index in [4.69, 9.17) is 9.47 Å². The zero-order valence-electron chi connectivity index (χ0n) is 16.9. The zero-order chi connectivity index (χ0) is 21.3.